The zero-order valence-electron chi connectivity index (χ0n) is 12.7. The molecule has 1 aromatic rings. The summed E-state index contributed by atoms with van der Waals surface area (Å²) in [7, 11) is -4.90. The maximum atomic E-state index is 10.9. The number of aryl methyl sites for hydroxylation is 1. The average Bonchev–Trinajstić information content (AvgIpc) is 2.95. The molecule has 0 spiro atoms. The first kappa shape index (κ1) is 18.9. The molecule has 3 N–H and O–H groups in total. The van der Waals surface area contributed by atoms with Gasteiger partial charge in [0.2, 0.25) is 0 Å². The highest BCUT2D eigenvalue weighted by Crippen LogP contribution is 2.34. The number of hydrogen-bond acceptors (Lipinski definition) is 8. The van der Waals surface area contributed by atoms with Gasteiger partial charge in [0.25, 0.3) is 7.82 Å². The van der Waals surface area contributed by atoms with Crippen LogP contribution in [0.2, 0.25) is 0 Å². The van der Waals surface area contributed by atoms with Crippen molar-refractivity contribution in [3.05, 3.63) is 23.0 Å². The van der Waals surface area contributed by atoms with Crippen molar-refractivity contribution in [3.63, 3.8) is 0 Å². The van der Waals surface area contributed by atoms with Gasteiger partial charge in [-0.2, -0.15) is 0 Å². The Bertz CT molecular complexity index is 719. The minimum atomic E-state index is -4.90. The Morgan fingerprint density at radius 2 is 2.33 bits per heavy atom. The van der Waals surface area contributed by atoms with Crippen molar-refractivity contribution in [2.45, 2.75) is 31.7 Å². The zero-order chi connectivity index (χ0) is 17.9. The van der Waals surface area contributed by atoms with Gasteiger partial charge in [-0.05, 0) is 6.92 Å². The molecule has 0 radical (unpaired) electrons. The second-order valence-corrected chi connectivity index (χ2v) is 7.55. The maximum absolute atomic E-state index is 10.9. The summed E-state index contributed by atoms with van der Waals surface area (Å²) in [4.78, 5) is 38.6. The van der Waals surface area contributed by atoms with E-state index in [2.05, 4.69) is 14.5 Å². The molecule has 0 amide bonds. The molecule has 2 rings (SSSR count). The van der Waals surface area contributed by atoms with Crippen molar-refractivity contribution >= 4 is 31.3 Å². The lowest BCUT2D eigenvalue weighted by Crippen LogP contribution is -2.13. The van der Waals surface area contributed by atoms with Crippen LogP contribution in [0.5, 0.6) is 5.75 Å². The summed E-state index contributed by atoms with van der Waals surface area (Å²) in [5.74, 6) is -0.546. The highest BCUT2D eigenvalue weighted by atomic mass is 32.2. The van der Waals surface area contributed by atoms with Gasteiger partial charge < -0.3 is 24.5 Å². The number of carbonyl (C=O) groups is 1. The quantitative estimate of drug-likeness (QED) is 0.607. The predicted octanol–water partition coefficient (Wildman–Crippen LogP) is 0.604. The molecular weight excluding hydrogens is 359 g/mol. The van der Waals surface area contributed by atoms with Crippen LogP contribution in [-0.2, 0) is 27.0 Å². The van der Waals surface area contributed by atoms with Gasteiger partial charge in [-0.1, -0.05) is 0 Å². The van der Waals surface area contributed by atoms with Crippen molar-refractivity contribution in [2.24, 2.45) is 4.99 Å². The lowest BCUT2D eigenvalue weighted by atomic mass is 10.1. The number of pyridine rings is 1. The van der Waals surface area contributed by atoms with Crippen molar-refractivity contribution in [3.8, 4) is 5.75 Å². The number of aromatic hydroxyl groups is 1. The molecule has 0 aromatic carbocycles. The molecule has 0 aliphatic carbocycles. The lowest BCUT2D eigenvalue weighted by Gasteiger charge is -2.17. The summed E-state index contributed by atoms with van der Waals surface area (Å²) in [6.07, 6.45) is 1.66. The van der Waals surface area contributed by atoms with E-state index in [9.17, 15) is 19.4 Å². The zero-order valence-corrected chi connectivity index (χ0v) is 14.4. The fourth-order valence-corrected chi connectivity index (χ4v) is 3.48. The topological polar surface area (TPSA) is 152 Å². The third-order valence-corrected chi connectivity index (χ3v) is 5.15. The van der Waals surface area contributed by atoms with E-state index in [1.807, 2.05) is 0 Å². The minimum Gasteiger partial charge on any atom is -0.756 e. The normalized spacial score (nSPS) is 21.8. The molecule has 0 saturated carbocycles. The second kappa shape index (κ2) is 7.62. The Morgan fingerprint density at radius 1 is 1.62 bits per heavy atom. The SMILES string of the molecule is Cc1ncc(COP(=O)([O-])O)c(CN=C2CS[C@H](C(=O)O)C2)c1O. The minimum absolute atomic E-state index is 0.0324. The van der Waals surface area contributed by atoms with E-state index in [4.69, 9.17) is 10.00 Å². The average molecular weight is 375 g/mol. The molecule has 1 fully saturated rings. The Kier molecular flexibility index (Phi) is 6.00. The van der Waals surface area contributed by atoms with Gasteiger partial charge in [-0.15, -0.1) is 11.8 Å². The molecular formula is C13H16N2O7PS-. The monoisotopic (exact) mass is 375 g/mol. The van der Waals surface area contributed by atoms with Crippen molar-refractivity contribution in [1.82, 2.24) is 4.98 Å². The Balaban J connectivity index is 2.18. The third kappa shape index (κ3) is 5.02. The summed E-state index contributed by atoms with van der Waals surface area (Å²) in [5, 5.41) is 18.6. The van der Waals surface area contributed by atoms with Crippen LogP contribution in [0.3, 0.4) is 0 Å². The summed E-state index contributed by atoms with van der Waals surface area (Å²) in [6.45, 7) is 1.13. The number of phosphoric ester groups is 1. The highest BCUT2D eigenvalue weighted by molar-refractivity contribution is 8.01. The molecule has 2 heterocycles. The number of nitrogens with zero attached hydrogens (tertiary/aromatic N) is 2. The fourth-order valence-electron chi connectivity index (χ4n) is 2.12. The summed E-state index contributed by atoms with van der Waals surface area (Å²) >= 11 is 1.28. The van der Waals surface area contributed by atoms with Gasteiger partial charge >= 0.3 is 5.97 Å². The van der Waals surface area contributed by atoms with E-state index in [0.29, 0.717) is 29.1 Å². The van der Waals surface area contributed by atoms with E-state index in [-0.39, 0.29) is 17.9 Å². The predicted molar refractivity (Wildman–Crippen MR) is 84.9 cm³/mol. The summed E-state index contributed by atoms with van der Waals surface area (Å²) in [6, 6.07) is 0. The van der Waals surface area contributed by atoms with Gasteiger partial charge in [-0.25, -0.2) is 0 Å². The van der Waals surface area contributed by atoms with Gasteiger partial charge in [-0.3, -0.25) is 19.3 Å². The van der Waals surface area contributed by atoms with Crippen molar-refractivity contribution in [1.29, 1.82) is 0 Å². The van der Waals surface area contributed by atoms with Crippen molar-refractivity contribution in [2.75, 3.05) is 5.75 Å². The first-order valence-electron chi connectivity index (χ1n) is 6.88. The highest BCUT2D eigenvalue weighted by Gasteiger charge is 2.27. The molecule has 132 valence electrons. The lowest BCUT2D eigenvalue weighted by molar-refractivity contribution is -0.221. The molecule has 0 bridgehead atoms. The molecule has 2 atom stereocenters. The summed E-state index contributed by atoms with van der Waals surface area (Å²) in [5.41, 5.74) is 1.64. The molecule has 1 aromatic heterocycles. The van der Waals surface area contributed by atoms with E-state index in [1.54, 1.807) is 6.92 Å². The first-order valence-corrected chi connectivity index (χ1v) is 9.43. The number of carboxylic acid groups (broad SMARTS) is 1. The smallest absolute Gasteiger partial charge is 0.317 e. The van der Waals surface area contributed by atoms with Gasteiger partial charge in [0.15, 0.2) is 0 Å². The standard InChI is InChI=1S/C13H17N2O7PS/c1-7-12(16)10(8(3-14-7)5-22-23(19,20)21)4-15-9-2-11(13(17)18)24-6-9/h3,11,16H,2,4-6H2,1H3,(H,17,18)(H2,19,20,21)/p-1/t11-/m0/s1. The Morgan fingerprint density at radius 3 is 2.92 bits per heavy atom. The second-order valence-electron chi connectivity index (χ2n) is 5.16. The van der Waals surface area contributed by atoms with Crippen LogP contribution in [0.1, 0.15) is 23.2 Å². The third-order valence-electron chi connectivity index (χ3n) is 3.42. The summed E-state index contributed by atoms with van der Waals surface area (Å²) < 4.78 is 15.1. The van der Waals surface area contributed by atoms with Crippen LogP contribution >= 0.6 is 19.6 Å². The molecule has 9 nitrogen and oxygen atoms in total. The van der Waals surface area contributed by atoms with Crippen molar-refractivity contribution < 1.29 is 33.9 Å². The maximum Gasteiger partial charge on any atom is 0.317 e. The van der Waals surface area contributed by atoms with Crippen LogP contribution in [0.4, 0.5) is 0 Å². The number of hydrogen-bond donors (Lipinski definition) is 3. The van der Waals surface area contributed by atoms with Crippen LogP contribution in [-0.4, -0.2) is 42.8 Å². The number of phosphoric acid groups is 1. The van der Waals surface area contributed by atoms with E-state index in [1.165, 1.54) is 18.0 Å². The number of aromatic nitrogens is 1. The molecule has 1 aliphatic heterocycles. The van der Waals surface area contributed by atoms with Crippen LogP contribution < -0.4 is 4.89 Å². The van der Waals surface area contributed by atoms with Gasteiger partial charge in [0, 0.05) is 35.2 Å². The molecule has 1 aliphatic rings. The number of aliphatic imine (C=N–C) groups is 1. The van der Waals surface area contributed by atoms with Crippen LogP contribution in [0, 0.1) is 6.92 Å². The van der Waals surface area contributed by atoms with Gasteiger partial charge in [0.05, 0.1) is 18.8 Å². The Labute approximate surface area is 142 Å². The molecule has 11 heteroatoms. The Hall–Kier alpha value is -1.45. The molecule has 1 saturated heterocycles. The largest absolute Gasteiger partial charge is 0.756 e. The fraction of sp³-hybridized carbons (Fsp3) is 0.462. The number of rotatable bonds is 6. The van der Waals surface area contributed by atoms with Gasteiger partial charge in [0.1, 0.15) is 11.0 Å². The molecule has 1 unspecified atom stereocenters. The number of thioether (sulfide) groups is 1. The van der Waals surface area contributed by atoms with Crippen LogP contribution in [0.25, 0.3) is 0 Å². The first-order chi connectivity index (χ1) is 11.2. The van der Waals surface area contributed by atoms with E-state index in [0.717, 1.165) is 0 Å². The molecule has 24 heavy (non-hydrogen) atoms. The van der Waals surface area contributed by atoms with E-state index < -0.39 is 25.6 Å². The van der Waals surface area contributed by atoms with Crippen LogP contribution in [0.15, 0.2) is 11.2 Å². The van der Waals surface area contributed by atoms with E-state index >= 15 is 0 Å². The number of aliphatic carboxylic acids is 1. The number of carboxylic acids is 1.